The van der Waals surface area contributed by atoms with Crippen LogP contribution < -0.4 is 19.5 Å². The van der Waals surface area contributed by atoms with E-state index in [1.807, 2.05) is 0 Å². The predicted octanol–water partition coefficient (Wildman–Crippen LogP) is 3.55. The van der Waals surface area contributed by atoms with Gasteiger partial charge in [-0.15, -0.1) is 0 Å². The summed E-state index contributed by atoms with van der Waals surface area (Å²) in [4.78, 5) is 24.7. The summed E-state index contributed by atoms with van der Waals surface area (Å²) in [6, 6.07) is 7.73. The Hall–Kier alpha value is -2.93. The molecule has 1 heterocycles. The Kier molecular flexibility index (Phi) is 5.71. The highest BCUT2D eigenvalue weighted by Gasteiger charge is 2.20. The van der Waals surface area contributed by atoms with Crippen molar-refractivity contribution in [3.8, 4) is 17.2 Å². The number of nitrogens with one attached hydrogen (secondary N) is 1. The number of fused-ring (bicyclic) bond motifs is 1. The molecule has 1 aliphatic rings. The lowest BCUT2D eigenvalue weighted by Crippen LogP contribution is -2.16. The van der Waals surface area contributed by atoms with Crippen LogP contribution >= 0.6 is 11.6 Å². The van der Waals surface area contributed by atoms with Crippen LogP contribution in [0.1, 0.15) is 27.1 Å². The van der Waals surface area contributed by atoms with Gasteiger partial charge in [-0.3, -0.25) is 4.79 Å². The van der Waals surface area contributed by atoms with Crippen LogP contribution in [0.25, 0.3) is 0 Å². The maximum absolute atomic E-state index is 12.7. The van der Waals surface area contributed by atoms with Crippen LogP contribution in [-0.4, -0.2) is 39.3 Å². The Balaban J connectivity index is 1.91. The van der Waals surface area contributed by atoms with Gasteiger partial charge in [-0.2, -0.15) is 0 Å². The second-order valence-corrected chi connectivity index (χ2v) is 6.10. The number of esters is 1. The molecule has 0 spiro atoms. The highest BCUT2D eigenvalue weighted by Crippen LogP contribution is 2.38. The average Bonchev–Trinajstić information content (AvgIpc) is 2.93. The zero-order valence-electron chi connectivity index (χ0n) is 14.8. The fourth-order valence-corrected chi connectivity index (χ4v) is 2.86. The molecule has 0 fully saturated rings. The largest absolute Gasteiger partial charge is 0.497 e. The van der Waals surface area contributed by atoms with Crippen LogP contribution in [0.5, 0.6) is 17.2 Å². The lowest BCUT2D eigenvalue weighted by molar-refractivity contribution is 0.0601. The number of carbonyl (C=O) groups is 2. The summed E-state index contributed by atoms with van der Waals surface area (Å²) in [7, 11) is 2.74. The number of methoxy groups -OCH3 is 2. The molecule has 0 aliphatic carbocycles. The Morgan fingerprint density at radius 3 is 2.63 bits per heavy atom. The van der Waals surface area contributed by atoms with Gasteiger partial charge in [0.25, 0.3) is 5.91 Å². The molecule has 0 saturated heterocycles. The number of hydrogen-bond donors (Lipinski definition) is 1. The third kappa shape index (κ3) is 4.09. The summed E-state index contributed by atoms with van der Waals surface area (Å²) < 4.78 is 21.0. The molecule has 1 N–H and O–H groups in total. The minimum Gasteiger partial charge on any atom is -0.497 e. The van der Waals surface area contributed by atoms with E-state index in [0.29, 0.717) is 30.5 Å². The van der Waals surface area contributed by atoms with Crippen molar-refractivity contribution in [3.05, 3.63) is 46.5 Å². The molecule has 8 heteroatoms. The van der Waals surface area contributed by atoms with Gasteiger partial charge in [-0.25, -0.2) is 4.79 Å². The van der Waals surface area contributed by atoms with Crippen LogP contribution in [0.3, 0.4) is 0 Å². The van der Waals surface area contributed by atoms with Crippen molar-refractivity contribution in [1.82, 2.24) is 0 Å². The van der Waals surface area contributed by atoms with Crippen molar-refractivity contribution >= 4 is 29.2 Å². The highest BCUT2D eigenvalue weighted by molar-refractivity contribution is 6.32. The summed E-state index contributed by atoms with van der Waals surface area (Å²) in [5.41, 5.74) is 0.734. The lowest BCUT2D eigenvalue weighted by Gasteiger charge is -2.13. The van der Waals surface area contributed by atoms with E-state index in [2.05, 4.69) is 5.32 Å². The maximum Gasteiger partial charge on any atom is 0.340 e. The number of rotatable bonds is 4. The summed E-state index contributed by atoms with van der Waals surface area (Å²) >= 11 is 6.24. The van der Waals surface area contributed by atoms with Gasteiger partial charge in [0, 0.05) is 12.0 Å². The Bertz CT molecular complexity index is 883. The second-order valence-electron chi connectivity index (χ2n) is 5.69. The molecule has 1 amide bonds. The zero-order chi connectivity index (χ0) is 19.4. The number of amides is 1. The molecule has 2 aromatic rings. The smallest absolute Gasteiger partial charge is 0.340 e. The first-order valence-corrected chi connectivity index (χ1v) is 8.58. The van der Waals surface area contributed by atoms with Gasteiger partial charge in [-0.1, -0.05) is 11.6 Å². The van der Waals surface area contributed by atoms with Crippen molar-refractivity contribution in [1.29, 1.82) is 0 Å². The van der Waals surface area contributed by atoms with Crippen molar-refractivity contribution in [2.75, 3.05) is 32.8 Å². The lowest BCUT2D eigenvalue weighted by atomic mass is 10.1. The first-order valence-electron chi connectivity index (χ1n) is 8.20. The Morgan fingerprint density at radius 1 is 1.11 bits per heavy atom. The summed E-state index contributed by atoms with van der Waals surface area (Å²) in [5, 5.41) is 2.97. The first-order chi connectivity index (χ1) is 13.0. The SMILES string of the molecule is COC(=O)c1cc(OC)ccc1NC(=O)c1cc(Cl)c2c(c1)OCCCO2. The zero-order valence-corrected chi connectivity index (χ0v) is 15.6. The standard InChI is InChI=1S/C19H18ClNO6/c1-24-12-4-5-15(13(10-12)19(23)25-2)21-18(22)11-8-14(20)17-16(9-11)26-6-3-7-27-17/h4-5,8-10H,3,6-7H2,1-2H3,(H,21,22). The van der Waals surface area contributed by atoms with E-state index in [0.717, 1.165) is 6.42 Å². The van der Waals surface area contributed by atoms with E-state index >= 15 is 0 Å². The average molecular weight is 392 g/mol. The number of benzene rings is 2. The van der Waals surface area contributed by atoms with Crippen LogP contribution in [0.2, 0.25) is 5.02 Å². The molecular weight excluding hydrogens is 374 g/mol. The van der Waals surface area contributed by atoms with E-state index < -0.39 is 11.9 Å². The molecule has 0 saturated carbocycles. The third-order valence-corrected chi connectivity index (χ3v) is 4.23. The van der Waals surface area contributed by atoms with Gasteiger partial charge in [0.05, 0.1) is 43.7 Å². The normalized spacial score (nSPS) is 12.7. The molecule has 0 radical (unpaired) electrons. The molecule has 7 nitrogen and oxygen atoms in total. The monoisotopic (exact) mass is 391 g/mol. The van der Waals surface area contributed by atoms with E-state index in [1.54, 1.807) is 18.2 Å². The number of ether oxygens (including phenoxy) is 4. The van der Waals surface area contributed by atoms with Gasteiger partial charge in [0.15, 0.2) is 11.5 Å². The van der Waals surface area contributed by atoms with Gasteiger partial charge in [0.1, 0.15) is 5.75 Å². The van der Waals surface area contributed by atoms with Gasteiger partial charge in [-0.05, 0) is 30.3 Å². The quantitative estimate of drug-likeness (QED) is 0.802. The Morgan fingerprint density at radius 2 is 1.89 bits per heavy atom. The van der Waals surface area contributed by atoms with Crippen molar-refractivity contribution in [2.45, 2.75) is 6.42 Å². The minimum absolute atomic E-state index is 0.172. The molecule has 27 heavy (non-hydrogen) atoms. The number of halogens is 1. The van der Waals surface area contributed by atoms with E-state index in [9.17, 15) is 9.59 Å². The van der Waals surface area contributed by atoms with Crippen LogP contribution in [0.15, 0.2) is 30.3 Å². The summed E-state index contributed by atoms with van der Waals surface area (Å²) in [5.74, 6) is 0.245. The van der Waals surface area contributed by atoms with Gasteiger partial charge >= 0.3 is 5.97 Å². The van der Waals surface area contributed by atoms with Crippen LogP contribution in [-0.2, 0) is 4.74 Å². The van der Waals surface area contributed by atoms with Crippen LogP contribution in [0, 0.1) is 0 Å². The molecule has 2 aromatic carbocycles. The van der Waals surface area contributed by atoms with E-state index in [-0.39, 0.29) is 21.8 Å². The van der Waals surface area contributed by atoms with Crippen molar-refractivity contribution < 1.29 is 28.5 Å². The molecule has 142 valence electrons. The molecular formula is C19H18ClNO6. The molecule has 3 rings (SSSR count). The van der Waals surface area contributed by atoms with Crippen LogP contribution in [0.4, 0.5) is 5.69 Å². The molecule has 0 unspecified atom stereocenters. The highest BCUT2D eigenvalue weighted by atomic mass is 35.5. The summed E-state index contributed by atoms with van der Waals surface area (Å²) in [6.07, 6.45) is 0.723. The van der Waals surface area contributed by atoms with Gasteiger partial charge < -0.3 is 24.3 Å². The first kappa shape index (κ1) is 18.8. The topological polar surface area (TPSA) is 83.1 Å². The van der Waals surface area contributed by atoms with Gasteiger partial charge in [0.2, 0.25) is 0 Å². The van der Waals surface area contributed by atoms with Crippen molar-refractivity contribution in [2.24, 2.45) is 0 Å². The molecule has 0 atom stereocenters. The fraction of sp³-hybridized carbons (Fsp3) is 0.263. The third-order valence-electron chi connectivity index (χ3n) is 3.94. The Labute approximate surface area is 161 Å². The number of carbonyl (C=O) groups excluding carboxylic acids is 2. The number of anilines is 1. The molecule has 0 aromatic heterocycles. The second kappa shape index (κ2) is 8.18. The molecule has 0 bridgehead atoms. The number of hydrogen-bond acceptors (Lipinski definition) is 6. The predicted molar refractivity (Wildman–Crippen MR) is 99.3 cm³/mol. The molecule has 1 aliphatic heterocycles. The summed E-state index contributed by atoms with van der Waals surface area (Å²) in [6.45, 7) is 0.964. The maximum atomic E-state index is 12.7. The fourth-order valence-electron chi connectivity index (χ4n) is 2.59. The van der Waals surface area contributed by atoms with E-state index in [4.69, 9.17) is 30.5 Å². The minimum atomic E-state index is -0.596. The van der Waals surface area contributed by atoms with Crippen molar-refractivity contribution in [3.63, 3.8) is 0 Å². The van der Waals surface area contributed by atoms with E-state index in [1.165, 1.54) is 26.4 Å².